The van der Waals surface area contributed by atoms with Crippen molar-refractivity contribution in [1.82, 2.24) is 25.2 Å². The van der Waals surface area contributed by atoms with Gasteiger partial charge in [0.1, 0.15) is 18.0 Å². The minimum Gasteiger partial charge on any atom is -0.383 e. The fourth-order valence-electron chi connectivity index (χ4n) is 2.43. The molecule has 3 rings (SSSR count). The molecular weight excluding hydrogens is 397 g/mol. The number of anilines is 2. The summed E-state index contributed by atoms with van der Waals surface area (Å²) in [5.41, 5.74) is 7.15. The van der Waals surface area contributed by atoms with Crippen LogP contribution in [-0.4, -0.2) is 38.8 Å². The summed E-state index contributed by atoms with van der Waals surface area (Å²) in [7, 11) is 1.60. The molecule has 1 aromatic carbocycles. The zero-order valence-corrected chi connectivity index (χ0v) is 16.2. The maximum atomic E-state index is 13.2. The number of amides is 3. The summed E-state index contributed by atoms with van der Waals surface area (Å²) in [6.07, 6.45) is 2.63. The van der Waals surface area contributed by atoms with E-state index in [0.29, 0.717) is 16.4 Å². The Bertz CT molecular complexity index is 1030. The van der Waals surface area contributed by atoms with Crippen LogP contribution >= 0.6 is 11.3 Å². The lowest BCUT2D eigenvalue weighted by molar-refractivity contribution is 0.0784. The molecule has 9 nitrogen and oxygen atoms in total. The third-order valence-electron chi connectivity index (χ3n) is 3.83. The Labute approximate surface area is 169 Å². The number of aromatic nitrogens is 3. The summed E-state index contributed by atoms with van der Waals surface area (Å²) in [5, 5.41) is 7.35. The molecule has 150 valence electrons. The summed E-state index contributed by atoms with van der Waals surface area (Å²) >= 11 is 1.22. The smallest absolute Gasteiger partial charge is 0.321 e. The fraction of sp³-hybridized carbons (Fsp3) is 0.167. The highest BCUT2D eigenvalue weighted by atomic mass is 32.1. The number of nitrogens with two attached hydrogens (primary N) is 1. The Balaban J connectivity index is 1.53. The van der Waals surface area contributed by atoms with Crippen molar-refractivity contribution in [3.8, 4) is 0 Å². The molecule has 0 aliphatic rings. The van der Waals surface area contributed by atoms with Gasteiger partial charge in [0.05, 0.1) is 17.8 Å². The average molecular weight is 415 g/mol. The van der Waals surface area contributed by atoms with E-state index in [1.807, 2.05) is 0 Å². The molecular formula is C18H18FN7O2S. The number of benzene rings is 1. The highest BCUT2D eigenvalue weighted by Gasteiger charge is 2.17. The van der Waals surface area contributed by atoms with Crippen molar-refractivity contribution in [2.75, 3.05) is 18.1 Å². The van der Waals surface area contributed by atoms with Gasteiger partial charge in [-0.05, 0) is 17.7 Å². The zero-order valence-electron chi connectivity index (χ0n) is 15.4. The lowest BCUT2D eigenvalue weighted by Gasteiger charge is -2.16. The van der Waals surface area contributed by atoms with Gasteiger partial charge in [-0.25, -0.2) is 24.1 Å². The Morgan fingerprint density at radius 1 is 1.34 bits per heavy atom. The Morgan fingerprint density at radius 3 is 2.93 bits per heavy atom. The van der Waals surface area contributed by atoms with Gasteiger partial charge in [0, 0.05) is 25.2 Å². The molecule has 0 radical (unpaired) electrons. The van der Waals surface area contributed by atoms with E-state index < -0.39 is 6.03 Å². The highest BCUT2D eigenvalue weighted by molar-refractivity contribution is 7.13. The van der Waals surface area contributed by atoms with Crippen LogP contribution in [0.15, 0.2) is 42.2 Å². The van der Waals surface area contributed by atoms with Crippen molar-refractivity contribution in [1.29, 1.82) is 0 Å². The average Bonchev–Trinajstić information content (AvgIpc) is 3.13. The van der Waals surface area contributed by atoms with Gasteiger partial charge in [-0.1, -0.05) is 12.1 Å². The second-order valence-electron chi connectivity index (χ2n) is 6.06. The molecule has 0 bridgehead atoms. The molecule has 29 heavy (non-hydrogen) atoms. The van der Waals surface area contributed by atoms with Crippen LogP contribution in [0.3, 0.4) is 0 Å². The molecule has 0 spiro atoms. The molecule has 0 fully saturated rings. The number of carbonyl (C=O) groups is 2. The molecule has 0 atom stereocenters. The molecule has 0 aliphatic heterocycles. The van der Waals surface area contributed by atoms with Crippen LogP contribution in [0.1, 0.15) is 21.6 Å². The Kier molecular flexibility index (Phi) is 6.29. The topological polar surface area (TPSA) is 126 Å². The third kappa shape index (κ3) is 5.45. The first-order chi connectivity index (χ1) is 13.9. The first-order valence-corrected chi connectivity index (χ1v) is 9.35. The quantitative estimate of drug-likeness (QED) is 0.567. The standard InChI is InChI=1S/C18H18FN7O2S/c1-26(16(27)14-7-21-10-23-15(14)20)8-13-9-29-18(24-13)25-17(28)22-6-11-3-2-4-12(19)5-11/h2-5,7,9-10H,6,8H2,1H3,(H2,20,21,23)(H2,22,24,25,28). The fourth-order valence-corrected chi connectivity index (χ4v) is 3.13. The van der Waals surface area contributed by atoms with Crippen LogP contribution in [-0.2, 0) is 13.1 Å². The number of thiazole rings is 1. The van der Waals surface area contributed by atoms with E-state index in [1.165, 1.54) is 40.9 Å². The van der Waals surface area contributed by atoms with Crippen molar-refractivity contribution in [2.45, 2.75) is 13.1 Å². The monoisotopic (exact) mass is 415 g/mol. The van der Waals surface area contributed by atoms with Gasteiger partial charge in [0.2, 0.25) is 0 Å². The van der Waals surface area contributed by atoms with Gasteiger partial charge < -0.3 is 16.0 Å². The van der Waals surface area contributed by atoms with Crippen LogP contribution in [0.4, 0.5) is 20.1 Å². The van der Waals surface area contributed by atoms with Crippen molar-refractivity contribution < 1.29 is 14.0 Å². The van der Waals surface area contributed by atoms with Gasteiger partial charge in [-0.2, -0.15) is 0 Å². The van der Waals surface area contributed by atoms with E-state index >= 15 is 0 Å². The summed E-state index contributed by atoms with van der Waals surface area (Å²) in [5.74, 6) is -0.595. The highest BCUT2D eigenvalue weighted by Crippen LogP contribution is 2.18. The van der Waals surface area contributed by atoms with Crippen molar-refractivity contribution in [3.63, 3.8) is 0 Å². The van der Waals surface area contributed by atoms with Crippen molar-refractivity contribution >= 4 is 34.2 Å². The van der Waals surface area contributed by atoms with E-state index in [1.54, 1.807) is 24.6 Å². The first kappa shape index (κ1) is 20.1. The van der Waals surface area contributed by atoms with Crippen LogP contribution in [0.5, 0.6) is 0 Å². The second kappa shape index (κ2) is 9.06. The normalized spacial score (nSPS) is 10.4. The summed E-state index contributed by atoms with van der Waals surface area (Å²) in [6.45, 7) is 0.399. The van der Waals surface area contributed by atoms with Gasteiger partial charge in [0.15, 0.2) is 5.13 Å². The van der Waals surface area contributed by atoms with Crippen molar-refractivity contribution in [3.05, 3.63) is 64.8 Å². The number of nitrogens with zero attached hydrogens (tertiary/aromatic N) is 4. The Hall–Kier alpha value is -3.60. The van der Waals surface area contributed by atoms with Gasteiger partial charge in [0.25, 0.3) is 5.91 Å². The number of nitrogen functional groups attached to an aromatic ring is 1. The molecule has 3 aromatic rings. The summed E-state index contributed by atoms with van der Waals surface area (Å²) in [6, 6.07) is 5.50. The minimum absolute atomic E-state index is 0.104. The molecule has 2 aromatic heterocycles. The number of halogens is 1. The lowest BCUT2D eigenvalue weighted by Crippen LogP contribution is -2.28. The third-order valence-corrected chi connectivity index (χ3v) is 4.64. The number of nitrogens with one attached hydrogen (secondary N) is 2. The molecule has 0 unspecified atom stereocenters. The van der Waals surface area contributed by atoms with Crippen LogP contribution in [0.25, 0.3) is 0 Å². The zero-order chi connectivity index (χ0) is 20.8. The number of hydrogen-bond donors (Lipinski definition) is 3. The van der Waals surface area contributed by atoms with Gasteiger partial charge >= 0.3 is 6.03 Å². The van der Waals surface area contributed by atoms with Gasteiger partial charge in [-0.15, -0.1) is 11.3 Å². The van der Waals surface area contributed by atoms with Crippen LogP contribution in [0, 0.1) is 5.82 Å². The lowest BCUT2D eigenvalue weighted by atomic mass is 10.2. The maximum absolute atomic E-state index is 13.2. The molecule has 0 saturated heterocycles. The SMILES string of the molecule is CN(Cc1csc(NC(=O)NCc2cccc(F)c2)n1)C(=O)c1cncnc1N. The number of carbonyl (C=O) groups excluding carboxylic acids is 2. The summed E-state index contributed by atoms with van der Waals surface area (Å²) < 4.78 is 13.2. The number of hydrogen-bond acceptors (Lipinski definition) is 7. The summed E-state index contributed by atoms with van der Waals surface area (Å²) in [4.78, 5) is 37.8. The van der Waals surface area contributed by atoms with Crippen LogP contribution in [0.2, 0.25) is 0 Å². The molecule has 0 saturated carbocycles. The Morgan fingerprint density at radius 2 is 2.17 bits per heavy atom. The molecule has 11 heteroatoms. The van der Waals surface area contributed by atoms with E-state index in [2.05, 4.69) is 25.6 Å². The first-order valence-electron chi connectivity index (χ1n) is 8.47. The van der Waals surface area contributed by atoms with Crippen LogP contribution < -0.4 is 16.4 Å². The molecule has 0 aliphatic carbocycles. The predicted octanol–water partition coefficient (Wildman–Crippen LogP) is 2.25. The number of rotatable bonds is 6. The largest absolute Gasteiger partial charge is 0.383 e. The van der Waals surface area contributed by atoms with Gasteiger partial charge in [-0.3, -0.25) is 10.1 Å². The van der Waals surface area contributed by atoms with E-state index in [4.69, 9.17) is 5.73 Å². The number of urea groups is 1. The van der Waals surface area contributed by atoms with E-state index in [9.17, 15) is 14.0 Å². The molecule has 4 N–H and O–H groups in total. The van der Waals surface area contributed by atoms with E-state index in [0.717, 1.165) is 0 Å². The maximum Gasteiger partial charge on any atom is 0.321 e. The van der Waals surface area contributed by atoms with Crippen molar-refractivity contribution in [2.24, 2.45) is 0 Å². The second-order valence-corrected chi connectivity index (χ2v) is 6.92. The predicted molar refractivity (Wildman–Crippen MR) is 107 cm³/mol. The van der Waals surface area contributed by atoms with E-state index in [-0.39, 0.29) is 36.2 Å². The molecule has 3 amide bonds. The molecule has 2 heterocycles. The minimum atomic E-state index is -0.464.